The van der Waals surface area contributed by atoms with Gasteiger partial charge in [0.2, 0.25) is 0 Å². The van der Waals surface area contributed by atoms with E-state index < -0.39 is 0 Å². The Morgan fingerprint density at radius 1 is 0.378 bits per heavy atom. The zero-order chi connectivity index (χ0) is 24.9. The first-order valence-corrected chi connectivity index (χ1v) is 16.8. The van der Waals surface area contributed by atoms with Gasteiger partial charge >= 0.3 is 0 Å². The number of hydrogen-bond acceptors (Lipinski definition) is 2. The minimum absolute atomic E-state index is 0. The summed E-state index contributed by atoms with van der Waals surface area (Å²) in [6.45, 7) is 0.767. The Morgan fingerprint density at radius 2 is 0.568 bits per heavy atom. The van der Waals surface area contributed by atoms with Gasteiger partial charge in [0, 0.05) is 5.54 Å². The van der Waals surface area contributed by atoms with Crippen LogP contribution >= 0.6 is 24.8 Å². The first-order chi connectivity index (χ1) is 17.3. The van der Waals surface area contributed by atoms with Crippen LogP contribution in [0.3, 0.4) is 0 Å². The molecule has 0 atom stereocenters. The molecule has 0 amide bonds. The Balaban J connectivity index is 0.00000648. The van der Waals surface area contributed by atoms with E-state index in [9.17, 15) is 0 Å². The van der Waals surface area contributed by atoms with Crippen molar-refractivity contribution < 1.29 is 0 Å². The lowest BCUT2D eigenvalue weighted by molar-refractivity contribution is 0.119. The lowest BCUT2D eigenvalue weighted by Crippen LogP contribution is -2.54. The Morgan fingerprint density at radius 3 is 0.757 bits per heavy atom. The molecule has 4 heteroatoms. The molecule has 0 bridgehead atoms. The molecule has 37 heavy (non-hydrogen) atoms. The standard InChI is InChI=1S/C33H66N2.2ClH/c34-30-29-33(35,31-25-21-17-13-9-5-1-2-6-10-14-18-22-26-31)32-27-23-19-15-11-7-3-4-8-12-16-20-24-28-32;;/h31-32H,1-30,34-35H2;2*1H. The summed E-state index contributed by atoms with van der Waals surface area (Å²) < 4.78 is 0. The topological polar surface area (TPSA) is 52.0 Å². The zero-order valence-electron chi connectivity index (χ0n) is 24.8. The summed E-state index contributed by atoms with van der Waals surface area (Å²) in [5, 5.41) is 0. The van der Waals surface area contributed by atoms with Gasteiger partial charge in [-0.3, -0.25) is 0 Å². The third kappa shape index (κ3) is 17.0. The molecule has 0 spiro atoms. The molecule has 0 radical (unpaired) electrons. The van der Waals surface area contributed by atoms with Crippen LogP contribution < -0.4 is 11.5 Å². The zero-order valence-corrected chi connectivity index (χ0v) is 26.5. The van der Waals surface area contributed by atoms with Gasteiger partial charge in [0.1, 0.15) is 0 Å². The highest BCUT2D eigenvalue weighted by atomic mass is 35.5. The average molecular weight is 564 g/mol. The van der Waals surface area contributed by atoms with E-state index in [1.165, 1.54) is 180 Å². The normalized spacial score (nSPS) is 23.2. The molecule has 2 nitrogen and oxygen atoms in total. The third-order valence-corrected chi connectivity index (χ3v) is 9.81. The number of nitrogens with two attached hydrogens (primary N) is 2. The second-order valence-electron chi connectivity index (χ2n) is 12.7. The summed E-state index contributed by atoms with van der Waals surface area (Å²) in [7, 11) is 0. The van der Waals surface area contributed by atoms with E-state index in [2.05, 4.69) is 0 Å². The smallest absolute Gasteiger partial charge is 0.0223 e. The minimum atomic E-state index is -0.0311. The molecule has 2 aliphatic rings. The Hall–Kier alpha value is 0.500. The summed E-state index contributed by atoms with van der Waals surface area (Å²) in [5.74, 6) is 1.37. The minimum Gasteiger partial charge on any atom is -0.330 e. The lowest BCUT2D eigenvalue weighted by Gasteiger charge is -2.45. The number of hydrogen-bond donors (Lipinski definition) is 2. The monoisotopic (exact) mass is 562 g/mol. The Labute approximate surface area is 245 Å². The van der Waals surface area contributed by atoms with Crippen LogP contribution in [0, 0.1) is 11.8 Å². The van der Waals surface area contributed by atoms with E-state index in [1.54, 1.807) is 0 Å². The third-order valence-electron chi connectivity index (χ3n) is 9.81. The Kier molecular flexibility index (Phi) is 25.8. The molecule has 0 unspecified atom stereocenters. The van der Waals surface area contributed by atoms with E-state index in [0.29, 0.717) is 11.8 Å². The van der Waals surface area contributed by atoms with E-state index in [-0.39, 0.29) is 30.4 Å². The molecule has 0 aromatic carbocycles. The second-order valence-corrected chi connectivity index (χ2v) is 12.7. The predicted octanol–water partition coefficient (Wildman–Crippen LogP) is 11.1. The quantitative estimate of drug-likeness (QED) is 0.357. The van der Waals surface area contributed by atoms with Crippen molar-refractivity contribution >= 4 is 24.8 Å². The van der Waals surface area contributed by atoms with Crippen LogP contribution in [0.15, 0.2) is 0 Å². The highest BCUT2D eigenvalue weighted by Crippen LogP contribution is 2.40. The maximum absolute atomic E-state index is 7.60. The highest BCUT2D eigenvalue weighted by Gasteiger charge is 2.40. The largest absolute Gasteiger partial charge is 0.330 e. The van der Waals surface area contributed by atoms with Crippen molar-refractivity contribution in [3.63, 3.8) is 0 Å². The van der Waals surface area contributed by atoms with E-state index in [1.807, 2.05) is 0 Å². The molecule has 2 rings (SSSR count). The van der Waals surface area contributed by atoms with Crippen LogP contribution in [0.4, 0.5) is 0 Å². The van der Waals surface area contributed by atoms with Gasteiger partial charge in [0.05, 0.1) is 0 Å². The maximum atomic E-state index is 7.60. The van der Waals surface area contributed by atoms with Crippen molar-refractivity contribution in [1.29, 1.82) is 0 Å². The SMILES string of the molecule is Cl.Cl.NCCC(N)(C1CCCCCCCCCCCCCC1)C1CCCCCCCCCCCCCC1. The van der Waals surface area contributed by atoms with Crippen molar-refractivity contribution in [2.45, 2.75) is 192 Å². The molecule has 4 N–H and O–H groups in total. The second kappa shape index (κ2) is 25.5. The van der Waals surface area contributed by atoms with Gasteiger partial charge in [-0.25, -0.2) is 0 Å². The fourth-order valence-corrected chi connectivity index (χ4v) is 7.45. The summed E-state index contributed by atoms with van der Waals surface area (Å²) in [4.78, 5) is 0. The maximum Gasteiger partial charge on any atom is 0.0223 e. The molecule has 2 aliphatic carbocycles. The van der Waals surface area contributed by atoms with Crippen LogP contribution in [0.1, 0.15) is 186 Å². The van der Waals surface area contributed by atoms with Crippen LogP contribution in [0.5, 0.6) is 0 Å². The van der Waals surface area contributed by atoms with Crippen LogP contribution in [-0.4, -0.2) is 12.1 Å². The van der Waals surface area contributed by atoms with Crippen molar-refractivity contribution in [3.8, 4) is 0 Å². The molecule has 0 saturated heterocycles. The van der Waals surface area contributed by atoms with Crippen molar-refractivity contribution in [1.82, 2.24) is 0 Å². The van der Waals surface area contributed by atoms with Gasteiger partial charge < -0.3 is 11.5 Å². The highest BCUT2D eigenvalue weighted by molar-refractivity contribution is 5.85. The van der Waals surface area contributed by atoms with Crippen molar-refractivity contribution in [3.05, 3.63) is 0 Å². The predicted molar refractivity (Wildman–Crippen MR) is 171 cm³/mol. The molecule has 224 valence electrons. The number of rotatable bonds is 4. The van der Waals surface area contributed by atoms with E-state index >= 15 is 0 Å². The molecule has 2 saturated carbocycles. The first kappa shape index (κ1) is 37.5. The van der Waals surface area contributed by atoms with Crippen molar-refractivity contribution in [2.75, 3.05) is 6.54 Å². The summed E-state index contributed by atoms with van der Waals surface area (Å²) in [6.07, 6.45) is 40.9. The van der Waals surface area contributed by atoms with Gasteiger partial charge in [-0.05, 0) is 50.5 Å². The molecule has 0 aliphatic heterocycles. The molecular weight excluding hydrogens is 495 g/mol. The van der Waals surface area contributed by atoms with Crippen LogP contribution in [-0.2, 0) is 0 Å². The van der Waals surface area contributed by atoms with Gasteiger partial charge in [0.15, 0.2) is 0 Å². The summed E-state index contributed by atoms with van der Waals surface area (Å²) in [5.41, 5.74) is 13.9. The average Bonchev–Trinajstić information content (AvgIpc) is 2.87. The fourth-order valence-electron chi connectivity index (χ4n) is 7.45. The van der Waals surface area contributed by atoms with Crippen LogP contribution in [0.25, 0.3) is 0 Å². The van der Waals surface area contributed by atoms with E-state index in [0.717, 1.165) is 13.0 Å². The lowest BCUT2D eigenvalue weighted by atomic mass is 9.65. The summed E-state index contributed by atoms with van der Waals surface area (Å²) >= 11 is 0. The van der Waals surface area contributed by atoms with Crippen LogP contribution in [0.2, 0.25) is 0 Å². The van der Waals surface area contributed by atoms with Gasteiger partial charge in [0.25, 0.3) is 0 Å². The molecule has 2 fully saturated rings. The van der Waals surface area contributed by atoms with Gasteiger partial charge in [-0.2, -0.15) is 0 Å². The first-order valence-electron chi connectivity index (χ1n) is 16.8. The number of halogens is 2. The fraction of sp³-hybridized carbons (Fsp3) is 1.00. The van der Waals surface area contributed by atoms with Gasteiger partial charge in [-0.15, -0.1) is 24.8 Å². The summed E-state index contributed by atoms with van der Waals surface area (Å²) in [6, 6.07) is 0. The molecule has 0 aromatic heterocycles. The van der Waals surface area contributed by atoms with Gasteiger partial charge in [-0.1, -0.05) is 154 Å². The molecule has 0 heterocycles. The molecule has 0 aromatic rings. The molecular formula is C33H68Cl2N2. The van der Waals surface area contributed by atoms with Crippen molar-refractivity contribution in [2.24, 2.45) is 23.3 Å². The Bertz CT molecular complexity index is 405. The van der Waals surface area contributed by atoms with E-state index in [4.69, 9.17) is 11.5 Å².